The van der Waals surface area contributed by atoms with E-state index < -0.39 is 21.9 Å². The third-order valence-electron chi connectivity index (χ3n) is 5.74. The SMILES string of the molecule is CCOc1ccccc1N(CCCC(=O)N(Cc1ccccc1F)[C@@H](C)C(=O)NCC(C)C)S(C)(=O)=O. The van der Waals surface area contributed by atoms with Crippen molar-refractivity contribution in [2.45, 2.75) is 53.1 Å². The summed E-state index contributed by atoms with van der Waals surface area (Å²) in [6, 6.07) is 12.1. The molecule has 2 rings (SSSR count). The van der Waals surface area contributed by atoms with Crippen LogP contribution in [0.3, 0.4) is 0 Å². The molecule has 0 unspecified atom stereocenters. The van der Waals surface area contributed by atoms with Crippen LogP contribution in [0.15, 0.2) is 48.5 Å². The quantitative estimate of drug-likeness (QED) is 0.395. The molecule has 1 N–H and O–H groups in total. The van der Waals surface area contributed by atoms with Crippen LogP contribution in [0, 0.1) is 11.7 Å². The molecule has 0 aliphatic heterocycles. The number of ether oxygens (including phenoxy) is 1. The molecule has 0 heterocycles. The molecule has 0 bridgehead atoms. The van der Waals surface area contributed by atoms with Gasteiger partial charge in [0.2, 0.25) is 21.8 Å². The monoisotopic (exact) mass is 535 g/mol. The maximum atomic E-state index is 14.4. The predicted octanol–water partition coefficient (Wildman–Crippen LogP) is 3.96. The van der Waals surface area contributed by atoms with Crippen molar-refractivity contribution in [3.05, 3.63) is 59.9 Å². The summed E-state index contributed by atoms with van der Waals surface area (Å²) >= 11 is 0. The number of nitrogens with one attached hydrogen (secondary N) is 1. The molecular weight excluding hydrogens is 497 g/mol. The van der Waals surface area contributed by atoms with E-state index in [0.29, 0.717) is 30.2 Å². The fraction of sp³-hybridized carbons (Fsp3) is 0.481. The molecule has 2 aromatic carbocycles. The Bertz CT molecular complexity index is 1160. The van der Waals surface area contributed by atoms with Gasteiger partial charge in [0.15, 0.2) is 0 Å². The van der Waals surface area contributed by atoms with Crippen LogP contribution in [0.1, 0.15) is 46.1 Å². The summed E-state index contributed by atoms with van der Waals surface area (Å²) in [5, 5.41) is 2.82. The second-order valence-corrected chi connectivity index (χ2v) is 11.2. The van der Waals surface area contributed by atoms with Crippen LogP contribution in [0.5, 0.6) is 5.75 Å². The van der Waals surface area contributed by atoms with Gasteiger partial charge in [-0.3, -0.25) is 13.9 Å². The number of para-hydroxylation sites is 2. The number of hydrogen-bond donors (Lipinski definition) is 1. The summed E-state index contributed by atoms with van der Waals surface area (Å²) in [5.74, 6) is -0.513. The van der Waals surface area contributed by atoms with Gasteiger partial charge < -0.3 is 15.0 Å². The molecule has 0 aliphatic carbocycles. The maximum Gasteiger partial charge on any atom is 0.242 e. The molecule has 0 spiro atoms. The lowest BCUT2D eigenvalue weighted by atomic mass is 10.1. The number of anilines is 1. The van der Waals surface area contributed by atoms with Gasteiger partial charge in [-0.25, -0.2) is 12.8 Å². The first-order chi connectivity index (χ1) is 17.5. The summed E-state index contributed by atoms with van der Waals surface area (Å²) in [5.41, 5.74) is 0.687. The minimum Gasteiger partial charge on any atom is -0.492 e. The average molecular weight is 536 g/mol. The topological polar surface area (TPSA) is 96.0 Å². The summed E-state index contributed by atoms with van der Waals surface area (Å²) in [6.45, 7) is 8.12. The Kier molecular flexibility index (Phi) is 11.4. The average Bonchev–Trinajstić information content (AvgIpc) is 2.84. The largest absolute Gasteiger partial charge is 0.492 e. The number of halogens is 1. The highest BCUT2D eigenvalue weighted by molar-refractivity contribution is 7.92. The normalized spacial score (nSPS) is 12.2. The van der Waals surface area contributed by atoms with Crippen molar-refractivity contribution >= 4 is 27.5 Å². The number of carbonyl (C=O) groups excluding carboxylic acids is 2. The van der Waals surface area contributed by atoms with Crippen molar-refractivity contribution in [3.8, 4) is 5.75 Å². The smallest absolute Gasteiger partial charge is 0.242 e. The van der Waals surface area contributed by atoms with E-state index in [-0.39, 0.29) is 43.7 Å². The third-order valence-corrected chi connectivity index (χ3v) is 6.92. The Labute approximate surface area is 219 Å². The van der Waals surface area contributed by atoms with Gasteiger partial charge in [0, 0.05) is 31.6 Å². The van der Waals surface area contributed by atoms with Crippen LogP contribution in [-0.2, 0) is 26.2 Å². The highest BCUT2D eigenvalue weighted by atomic mass is 32.2. The molecule has 204 valence electrons. The molecule has 0 fully saturated rings. The van der Waals surface area contributed by atoms with Crippen LogP contribution in [0.25, 0.3) is 0 Å². The van der Waals surface area contributed by atoms with Gasteiger partial charge in [0.25, 0.3) is 0 Å². The van der Waals surface area contributed by atoms with E-state index in [1.165, 1.54) is 15.3 Å². The molecule has 37 heavy (non-hydrogen) atoms. The van der Waals surface area contributed by atoms with Crippen molar-refractivity contribution < 1.29 is 27.1 Å². The lowest BCUT2D eigenvalue weighted by Gasteiger charge is -2.30. The van der Waals surface area contributed by atoms with Crippen LogP contribution in [0.4, 0.5) is 10.1 Å². The van der Waals surface area contributed by atoms with Crippen LogP contribution < -0.4 is 14.4 Å². The lowest BCUT2D eigenvalue weighted by Crippen LogP contribution is -2.48. The van der Waals surface area contributed by atoms with Crippen molar-refractivity contribution in [2.24, 2.45) is 5.92 Å². The van der Waals surface area contributed by atoms with Gasteiger partial charge in [-0.2, -0.15) is 0 Å². The summed E-state index contributed by atoms with van der Waals surface area (Å²) in [6.07, 6.45) is 1.27. The van der Waals surface area contributed by atoms with Crippen molar-refractivity contribution in [3.63, 3.8) is 0 Å². The first kappa shape index (κ1) is 30.1. The number of sulfonamides is 1. The molecular formula is C27H38FN3O5S. The standard InChI is InChI=1S/C27H38FN3O5S/c1-6-36-25-15-10-9-14-24(25)31(37(5,34)35)17-11-16-26(32)30(19-22-12-7-8-13-23(22)28)21(4)27(33)29-18-20(2)3/h7-10,12-15,20-21H,6,11,16-19H2,1-5H3,(H,29,33)/t21-/m0/s1. The van der Waals surface area contributed by atoms with Gasteiger partial charge in [0.1, 0.15) is 17.6 Å². The van der Waals surface area contributed by atoms with Gasteiger partial charge in [-0.15, -0.1) is 0 Å². The van der Waals surface area contributed by atoms with Gasteiger partial charge in [-0.05, 0) is 44.4 Å². The Morgan fingerprint density at radius 1 is 1.05 bits per heavy atom. The minimum atomic E-state index is -3.66. The number of benzene rings is 2. The summed E-state index contributed by atoms with van der Waals surface area (Å²) < 4.78 is 46.4. The van der Waals surface area contributed by atoms with Crippen molar-refractivity contribution in [1.82, 2.24) is 10.2 Å². The van der Waals surface area contributed by atoms with E-state index >= 15 is 0 Å². The number of hydrogen-bond acceptors (Lipinski definition) is 5. The van der Waals surface area contributed by atoms with E-state index in [9.17, 15) is 22.4 Å². The first-order valence-corrected chi connectivity index (χ1v) is 14.3. The molecule has 8 nitrogen and oxygen atoms in total. The first-order valence-electron chi connectivity index (χ1n) is 12.5. The van der Waals surface area contributed by atoms with Gasteiger partial charge >= 0.3 is 0 Å². The van der Waals surface area contributed by atoms with Crippen LogP contribution >= 0.6 is 0 Å². The molecule has 2 aromatic rings. The molecule has 0 aromatic heterocycles. The second kappa shape index (κ2) is 14.0. The van der Waals surface area contributed by atoms with Crippen molar-refractivity contribution in [2.75, 3.05) is 30.3 Å². The fourth-order valence-corrected chi connectivity index (χ4v) is 4.74. The molecule has 0 saturated carbocycles. The van der Waals surface area contributed by atoms with Gasteiger partial charge in [0.05, 0.1) is 18.6 Å². The van der Waals surface area contributed by atoms with Crippen molar-refractivity contribution in [1.29, 1.82) is 0 Å². The molecule has 2 amide bonds. The fourth-order valence-electron chi connectivity index (χ4n) is 3.77. The highest BCUT2D eigenvalue weighted by Crippen LogP contribution is 2.30. The number of nitrogens with zero attached hydrogens (tertiary/aromatic N) is 2. The molecule has 10 heteroatoms. The zero-order chi connectivity index (χ0) is 27.6. The molecule has 1 atom stereocenters. The van der Waals surface area contributed by atoms with E-state index in [1.54, 1.807) is 49.4 Å². The number of carbonyl (C=O) groups is 2. The number of amides is 2. The van der Waals surface area contributed by atoms with E-state index in [1.807, 2.05) is 20.8 Å². The Balaban J connectivity index is 2.21. The van der Waals surface area contributed by atoms with E-state index in [0.717, 1.165) is 6.26 Å². The van der Waals surface area contributed by atoms with E-state index in [2.05, 4.69) is 5.32 Å². The van der Waals surface area contributed by atoms with Gasteiger partial charge in [-0.1, -0.05) is 44.2 Å². The lowest BCUT2D eigenvalue weighted by molar-refractivity contribution is -0.140. The Morgan fingerprint density at radius 3 is 2.32 bits per heavy atom. The number of rotatable bonds is 14. The predicted molar refractivity (Wildman–Crippen MR) is 143 cm³/mol. The zero-order valence-electron chi connectivity index (χ0n) is 22.2. The summed E-state index contributed by atoms with van der Waals surface area (Å²) in [4.78, 5) is 27.4. The molecule has 0 radical (unpaired) electrons. The van der Waals surface area contributed by atoms with E-state index in [4.69, 9.17) is 4.74 Å². The Hall–Kier alpha value is -3.14. The zero-order valence-corrected chi connectivity index (χ0v) is 23.1. The molecule has 0 aliphatic rings. The minimum absolute atomic E-state index is 0.0287. The maximum absolute atomic E-state index is 14.4. The Morgan fingerprint density at radius 2 is 1.70 bits per heavy atom. The van der Waals surface area contributed by atoms with Crippen LogP contribution in [0.2, 0.25) is 0 Å². The highest BCUT2D eigenvalue weighted by Gasteiger charge is 2.28. The summed E-state index contributed by atoms with van der Waals surface area (Å²) in [7, 11) is -3.66. The van der Waals surface area contributed by atoms with Crippen LogP contribution in [-0.4, -0.2) is 57.1 Å². The second-order valence-electron chi connectivity index (χ2n) is 9.27. The molecule has 0 saturated heterocycles. The third kappa shape index (κ3) is 9.03.